The molecule has 7 rings (SSSR count). The molecular weight excluding hydrogens is 842 g/mol. The van der Waals surface area contributed by atoms with Crippen molar-refractivity contribution in [2.24, 2.45) is 0 Å². The third-order valence-electron chi connectivity index (χ3n) is 8.29. The fraction of sp³-hybridized carbons (Fsp3) is 0. The summed E-state index contributed by atoms with van der Waals surface area (Å²) in [5.41, 5.74) is 0. The molecule has 0 radical (unpaired) electrons. The van der Waals surface area contributed by atoms with Crippen molar-refractivity contribution in [3.05, 3.63) is 122 Å². The first-order valence-electron chi connectivity index (χ1n) is 14.3. The van der Waals surface area contributed by atoms with Crippen LogP contribution < -0.4 is 14.0 Å². The Morgan fingerprint density at radius 1 is 0.175 bits per heavy atom. The van der Waals surface area contributed by atoms with Crippen LogP contribution in [0.4, 0.5) is 92.2 Å². The lowest BCUT2D eigenvalue weighted by atomic mass is 9.90. The minimum atomic E-state index is -4.13. The average Bonchev–Trinajstić information content (AvgIpc) is 3.17. The third kappa shape index (κ3) is 5.08. The van der Waals surface area contributed by atoms with Gasteiger partial charge in [-0.1, -0.05) is 0 Å². The second kappa shape index (κ2) is 12.9. The molecule has 0 aliphatic rings. The number of fused-ring (bicyclic) bond motifs is 1. The highest BCUT2D eigenvalue weighted by atomic mass is 19.2. The van der Waals surface area contributed by atoms with Crippen molar-refractivity contribution < 1.29 is 106 Å². The van der Waals surface area contributed by atoms with Gasteiger partial charge in [-0.05, 0) is 0 Å². The predicted octanol–water partition coefficient (Wildman–Crippen LogP) is 11.2. The van der Waals surface area contributed by atoms with Crippen molar-refractivity contribution in [3.8, 4) is 17.2 Å². The Labute approximate surface area is 296 Å². The van der Waals surface area contributed by atoms with E-state index in [1.165, 1.54) is 0 Å². The molecule has 0 fully saturated rings. The van der Waals surface area contributed by atoms with Crippen LogP contribution >= 0.6 is 0 Å². The van der Waals surface area contributed by atoms with Gasteiger partial charge in [0.2, 0.25) is 40.7 Å². The van der Waals surface area contributed by atoms with E-state index in [0.717, 1.165) is 0 Å². The molecule has 0 aromatic heterocycles. The second-order valence-corrected chi connectivity index (χ2v) is 11.2. The summed E-state index contributed by atoms with van der Waals surface area (Å²) in [6, 6.07) is 0. The number of rotatable bonds is 6. The molecule has 0 saturated heterocycles. The van der Waals surface area contributed by atoms with Crippen LogP contribution in [0.3, 0.4) is 0 Å². The molecule has 0 atom stereocenters. The molecule has 57 heavy (non-hydrogen) atoms. The van der Waals surface area contributed by atoms with E-state index in [-0.39, 0.29) is 0 Å². The minimum absolute atomic E-state index is 1.86. The molecule has 0 N–H and O–H groups in total. The molecule has 0 unspecified atom stereocenters. The third-order valence-corrected chi connectivity index (χ3v) is 8.29. The zero-order valence-electron chi connectivity index (χ0n) is 25.7. The van der Waals surface area contributed by atoms with Crippen LogP contribution in [0, 0.1) is 122 Å². The summed E-state index contributed by atoms with van der Waals surface area (Å²) in [6.45, 7) is 0. The number of hydrogen-bond donors (Lipinski definition) is 0. The highest BCUT2D eigenvalue weighted by Gasteiger charge is 2.43. The highest BCUT2D eigenvalue weighted by Crippen LogP contribution is 2.49. The maximum atomic E-state index is 15.8. The molecule has 0 aliphatic carbocycles. The standard InChI is InChI=1S/C32BF21O3/c34-9-3-1-2-5(10(9)35)16(41)26(51)30(7(2)17(42)11(36)4(1)13(38)19(44)12(3)37)55-33(57-32-28(53)24(49)23(48)25(50)29(32)54)56-31-8-6(15(40)22(47)27(31)52)14(39)20(45)21(46)18(8)43. The van der Waals surface area contributed by atoms with Crippen molar-refractivity contribution in [2.45, 2.75) is 0 Å². The molecule has 0 heterocycles. The summed E-state index contributed by atoms with van der Waals surface area (Å²) in [5, 5.41) is -17.3. The molecular formula is C32BF21O3. The highest BCUT2D eigenvalue weighted by molar-refractivity contribution is 6.40. The van der Waals surface area contributed by atoms with E-state index in [2.05, 4.69) is 14.0 Å². The minimum Gasteiger partial charge on any atom is -0.486 e. The fourth-order valence-corrected chi connectivity index (χ4v) is 5.83. The molecule has 0 bridgehead atoms. The second-order valence-electron chi connectivity index (χ2n) is 11.2. The van der Waals surface area contributed by atoms with E-state index in [9.17, 15) is 61.5 Å². The number of benzene rings is 7. The Balaban J connectivity index is 1.60. The van der Waals surface area contributed by atoms with Crippen LogP contribution in [-0.4, -0.2) is 7.32 Å². The van der Waals surface area contributed by atoms with Crippen LogP contribution in [0.2, 0.25) is 0 Å². The van der Waals surface area contributed by atoms with Gasteiger partial charge in [-0.25, -0.2) is 74.6 Å². The van der Waals surface area contributed by atoms with Crippen LogP contribution in [0.1, 0.15) is 0 Å². The Bertz CT molecular complexity index is 2910. The monoisotopic (exact) mass is 842 g/mol. The van der Waals surface area contributed by atoms with Gasteiger partial charge in [-0.15, -0.1) is 0 Å². The first kappa shape index (κ1) is 39.1. The van der Waals surface area contributed by atoms with Crippen molar-refractivity contribution in [1.82, 2.24) is 0 Å². The lowest BCUT2D eigenvalue weighted by Gasteiger charge is -2.22. The van der Waals surface area contributed by atoms with Crippen LogP contribution in [0.25, 0.3) is 43.1 Å². The van der Waals surface area contributed by atoms with Gasteiger partial charge in [-0.3, -0.25) is 0 Å². The number of hydrogen-bond acceptors (Lipinski definition) is 3. The molecule has 3 nitrogen and oxygen atoms in total. The van der Waals surface area contributed by atoms with Gasteiger partial charge in [0, 0.05) is 10.8 Å². The summed E-state index contributed by atoms with van der Waals surface area (Å²) in [6.07, 6.45) is 0. The van der Waals surface area contributed by atoms with E-state index >= 15 is 30.7 Å². The summed E-state index contributed by atoms with van der Waals surface area (Å²) in [4.78, 5) is 0. The number of halogens is 21. The van der Waals surface area contributed by atoms with E-state index in [0.29, 0.717) is 0 Å². The molecule has 0 amide bonds. The molecule has 25 heteroatoms. The lowest BCUT2D eigenvalue weighted by Crippen LogP contribution is -2.39. The van der Waals surface area contributed by atoms with Crippen molar-refractivity contribution in [1.29, 1.82) is 0 Å². The van der Waals surface area contributed by atoms with Gasteiger partial charge < -0.3 is 14.0 Å². The van der Waals surface area contributed by atoms with Gasteiger partial charge in [-0.2, -0.15) is 17.6 Å². The van der Waals surface area contributed by atoms with Crippen molar-refractivity contribution in [3.63, 3.8) is 0 Å². The maximum absolute atomic E-state index is 15.8. The summed E-state index contributed by atoms with van der Waals surface area (Å²) >= 11 is 0. The van der Waals surface area contributed by atoms with E-state index < -0.39 is 190 Å². The van der Waals surface area contributed by atoms with E-state index in [4.69, 9.17) is 0 Å². The Kier molecular flexibility index (Phi) is 8.87. The zero-order chi connectivity index (χ0) is 42.2. The topological polar surface area (TPSA) is 27.7 Å². The Hall–Kier alpha value is -6.17. The van der Waals surface area contributed by atoms with Crippen LogP contribution in [0.15, 0.2) is 0 Å². The summed E-state index contributed by atoms with van der Waals surface area (Å²) < 4.78 is 324. The van der Waals surface area contributed by atoms with Gasteiger partial charge in [0.05, 0.1) is 32.3 Å². The van der Waals surface area contributed by atoms with Crippen molar-refractivity contribution >= 4 is 50.4 Å². The van der Waals surface area contributed by atoms with Crippen molar-refractivity contribution in [2.75, 3.05) is 0 Å². The normalized spacial score (nSPS) is 11.9. The smallest absolute Gasteiger partial charge is 0.486 e. The molecule has 7 aromatic rings. The van der Waals surface area contributed by atoms with E-state index in [1.807, 2.05) is 0 Å². The molecule has 0 aliphatic heterocycles. The fourth-order valence-electron chi connectivity index (χ4n) is 5.83. The van der Waals surface area contributed by atoms with Gasteiger partial charge in [0.25, 0.3) is 0 Å². The quantitative estimate of drug-likeness (QED) is 0.0549. The first-order chi connectivity index (χ1) is 26.6. The lowest BCUT2D eigenvalue weighted by molar-refractivity contribution is 0.268. The zero-order valence-corrected chi connectivity index (χ0v) is 25.7. The maximum Gasteiger partial charge on any atom is 0.864 e. The largest absolute Gasteiger partial charge is 0.864 e. The molecule has 7 aromatic carbocycles. The van der Waals surface area contributed by atoms with Gasteiger partial charge >= 0.3 is 7.32 Å². The average molecular weight is 842 g/mol. The Morgan fingerprint density at radius 3 is 0.772 bits per heavy atom. The summed E-state index contributed by atoms with van der Waals surface area (Å²) in [7, 11) is -4.13. The van der Waals surface area contributed by atoms with Gasteiger partial charge in [0.1, 0.15) is 0 Å². The predicted molar refractivity (Wildman–Crippen MR) is 147 cm³/mol. The Morgan fingerprint density at radius 2 is 0.351 bits per heavy atom. The van der Waals surface area contributed by atoms with E-state index in [1.54, 1.807) is 0 Å². The molecule has 0 saturated carbocycles. The molecule has 296 valence electrons. The SMILES string of the molecule is Fc1c(F)c(F)c(OB(Oc2c(F)c(F)c(F)c3c(F)c(F)c(F)c(F)c23)Oc2c(F)c(F)c3c(F)c(F)c4c(F)c(F)c(F)c5c(F)c(F)c2c3c45)c(F)c1F. The van der Waals surface area contributed by atoms with Crippen LogP contribution in [-0.2, 0) is 0 Å². The van der Waals surface area contributed by atoms with Crippen LogP contribution in [0.5, 0.6) is 17.2 Å². The molecule has 0 spiro atoms. The van der Waals surface area contributed by atoms with Gasteiger partial charge in [0.15, 0.2) is 98.7 Å². The first-order valence-corrected chi connectivity index (χ1v) is 14.3. The summed E-state index contributed by atoms with van der Waals surface area (Å²) in [5.74, 6) is -68.9.